The summed E-state index contributed by atoms with van der Waals surface area (Å²) in [6.07, 6.45) is 0.0328. The highest BCUT2D eigenvalue weighted by Crippen LogP contribution is 2.38. The Hall–Kier alpha value is -0.163. The summed E-state index contributed by atoms with van der Waals surface area (Å²) in [5.74, 6) is -0.319. The van der Waals surface area contributed by atoms with Gasteiger partial charge in [-0.2, -0.15) is 0 Å². The lowest BCUT2D eigenvalue weighted by Gasteiger charge is -2.43. The fourth-order valence-electron chi connectivity index (χ4n) is 2.00. The quantitative estimate of drug-likeness (QED) is 0.570. The third kappa shape index (κ3) is 4.42. The molecule has 0 unspecified atom stereocenters. The van der Waals surface area contributed by atoms with Crippen LogP contribution in [0.2, 0.25) is 18.1 Å². The molecule has 0 N–H and O–H groups in total. The molecule has 3 nitrogen and oxygen atoms in total. The van der Waals surface area contributed by atoms with Crippen LogP contribution in [0.1, 0.15) is 41.5 Å². The van der Waals surface area contributed by atoms with Crippen LogP contribution in [0.5, 0.6) is 0 Å². The third-order valence-electron chi connectivity index (χ3n) is 4.54. The van der Waals surface area contributed by atoms with E-state index < -0.39 is 14.1 Å². The van der Waals surface area contributed by atoms with Gasteiger partial charge in [0.25, 0.3) is 0 Å². The van der Waals surface area contributed by atoms with Crippen LogP contribution in [-0.2, 0) is 13.9 Å². The maximum atomic E-state index is 6.32. The van der Waals surface area contributed by atoms with Crippen LogP contribution < -0.4 is 0 Å². The minimum absolute atomic E-state index is 0.0328. The summed E-state index contributed by atoms with van der Waals surface area (Å²) in [5, 5.41) is 0.215. The van der Waals surface area contributed by atoms with Gasteiger partial charge in [0.15, 0.2) is 14.1 Å². The minimum atomic E-state index is -1.75. The zero-order chi connectivity index (χ0) is 15.8. The average Bonchev–Trinajstić information content (AvgIpc) is 2.23. The van der Waals surface area contributed by atoms with Crippen LogP contribution in [0.25, 0.3) is 0 Å². The first-order valence-corrected chi connectivity index (χ1v) is 10.4. The molecule has 1 rings (SSSR count). The Morgan fingerprint density at radius 3 is 2.35 bits per heavy atom. The molecule has 0 aliphatic carbocycles. The molecule has 0 bridgehead atoms. The van der Waals surface area contributed by atoms with Gasteiger partial charge in [-0.25, -0.2) is 0 Å². The highest BCUT2D eigenvalue weighted by atomic mass is 28.4. The van der Waals surface area contributed by atoms with E-state index in [1.807, 2.05) is 20.8 Å². The van der Waals surface area contributed by atoms with Crippen LogP contribution in [0.15, 0.2) is 12.2 Å². The molecule has 0 amide bonds. The third-order valence-corrected chi connectivity index (χ3v) is 9.04. The van der Waals surface area contributed by atoms with Gasteiger partial charge < -0.3 is 13.9 Å². The molecule has 0 aromatic heterocycles. The van der Waals surface area contributed by atoms with Gasteiger partial charge in [0.05, 0.1) is 19.3 Å². The first-order chi connectivity index (χ1) is 8.86. The van der Waals surface area contributed by atoms with Gasteiger partial charge in [-0.05, 0) is 38.9 Å². The Bertz CT molecular complexity index is 355. The van der Waals surface area contributed by atoms with Crippen molar-refractivity contribution in [3.8, 4) is 0 Å². The van der Waals surface area contributed by atoms with E-state index >= 15 is 0 Å². The fourth-order valence-corrected chi connectivity index (χ4v) is 3.01. The molecule has 4 heteroatoms. The molecular weight excluding hydrogens is 268 g/mol. The molecule has 0 spiro atoms. The topological polar surface area (TPSA) is 27.7 Å². The van der Waals surface area contributed by atoms with Crippen molar-refractivity contribution < 1.29 is 13.9 Å². The molecule has 1 aliphatic heterocycles. The van der Waals surface area contributed by atoms with E-state index in [4.69, 9.17) is 13.9 Å². The van der Waals surface area contributed by atoms with E-state index in [0.29, 0.717) is 13.2 Å². The molecule has 1 saturated heterocycles. The Morgan fingerprint density at radius 1 is 1.35 bits per heavy atom. The van der Waals surface area contributed by atoms with Crippen molar-refractivity contribution in [2.45, 2.75) is 71.6 Å². The van der Waals surface area contributed by atoms with E-state index in [1.54, 1.807) is 0 Å². The van der Waals surface area contributed by atoms with Gasteiger partial charge >= 0.3 is 0 Å². The molecule has 0 radical (unpaired) electrons. The molecule has 1 fully saturated rings. The Balaban J connectivity index is 2.74. The Morgan fingerprint density at radius 2 is 1.90 bits per heavy atom. The molecule has 1 heterocycles. The normalized spacial score (nSPS) is 27.4. The molecule has 20 heavy (non-hydrogen) atoms. The summed E-state index contributed by atoms with van der Waals surface area (Å²) in [6.45, 7) is 22.6. The molecular formula is C16H32O3Si. The largest absolute Gasteiger partial charge is 0.414 e. The smallest absolute Gasteiger partial charge is 0.192 e. The summed E-state index contributed by atoms with van der Waals surface area (Å²) in [5.41, 5.74) is 1.10. The van der Waals surface area contributed by atoms with Gasteiger partial charge in [-0.1, -0.05) is 32.9 Å². The zero-order valence-electron chi connectivity index (χ0n) is 14.5. The summed E-state index contributed by atoms with van der Waals surface area (Å²) in [7, 11) is -1.75. The van der Waals surface area contributed by atoms with E-state index in [-0.39, 0.29) is 17.1 Å². The Kier molecular flexibility index (Phi) is 5.29. The van der Waals surface area contributed by atoms with E-state index in [9.17, 15) is 0 Å². The highest BCUT2D eigenvalue weighted by molar-refractivity contribution is 6.74. The van der Waals surface area contributed by atoms with Gasteiger partial charge in [-0.3, -0.25) is 0 Å². The highest BCUT2D eigenvalue weighted by Gasteiger charge is 2.41. The van der Waals surface area contributed by atoms with Gasteiger partial charge in [-0.15, -0.1) is 0 Å². The first-order valence-electron chi connectivity index (χ1n) is 7.47. The summed E-state index contributed by atoms with van der Waals surface area (Å²) in [4.78, 5) is 0. The first kappa shape index (κ1) is 17.9. The van der Waals surface area contributed by atoms with E-state index in [1.165, 1.54) is 0 Å². The van der Waals surface area contributed by atoms with Crippen molar-refractivity contribution in [3.05, 3.63) is 12.2 Å². The predicted molar refractivity (Wildman–Crippen MR) is 86.4 cm³/mol. The maximum absolute atomic E-state index is 6.32. The fraction of sp³-hybridized carbons (Fsp3) is 0.875. The molecule has 0 aromatic carbocycles. The predicted octanol–water partition coefficient (Wildman–Crippen LogP) is 4.35. The summed E-state index contributed by atoms with van der Waals surface area (Å²) < 4.78 is 18.1. The number of rotatable bonds is 4. The lowest BCUT2D eigenvalue weighted by molar-refractivity contribution is -0.291. The average molecular weight is 301 g/mol. The molecule has 1 aliphatic rings. The minimum Gasteiger partial charge on any atom is -0.414 e. The van der Waals surface area contributed by atoms with Gasteiger partial charge in [0.2, 0.25) is 0 Å². The standard InChI is InChI=1S/C16H32O3Si/c1-12(2)13-10-17-16(6,7)19-14(13)11-18-20(8,9)15(3,4)5/h13-14H,1,10-11H2,2-9H3/t13-,14+/m0/s1. The van der Waals surface area contributed by atoms with Crippen molar-refractivity contribution in [2.24, 2.45) is 5.92 Å². The number of hydrogen-bond donors (Lipinski definition) is 0. The lowest BCUT2D eigenvalue weighted by atomic mass is 9.95. The van der Waals surface area contributed by atoms with Crippen molar-refractivity contribution in [3.63, 3.8) is 0 Å². The monoisotopic (exact) mass is 300 g/mol. The lowest BCUT2D eigenvalue weighted by Crippen LogP contribution is -2.50. The van der Waals surface area contributed by atoms with Gasteiger partial charge in [0, 0.05) is 5.92 Å². The van der Waals surface area contributed by atoms with Crippen molar-refractivity contribution in [2.75, 3.05) is 13.2 Å². The van der Waals surface area contributed by atoms with Crippen LogP contribution in [-0.4, -0.2) is 33.4 Å². The zero-order valence-corrected chi connectivity index (χ0v) is 15.5. The van der Waals surface area contributed by atoms with Crippen molar-refractivity contribution in [1.82, 2.24) is 0 Å². The van der Waals surface area contributed by atoms with Crippen LogP contribution in [0, 0.1) is 5.92 Å². The molecule has 0 saturated carbocycles. The van der Waals surface area contributed by atoms with Crippen molar-refractivity contribution in [1.29, 1.82) is 0 Å². The second kappa shape index (κ2) is 5.91. The summed E-state index contributed by atoms with van der Waals surface area (Å²) >= 11 is 0. The number of ether oxygens (including phenoxy) is 2. The van der Waals surface area contributed by atoms with Crippen LogP contribution >= 0.6 is 0 Å². The van der Waals surface area contributed by atoms with E-state index in [2.05, 4.69) is 40.4 Å². The molecule has 0 aromatic rings. The molecule has 118 valence electrons. The van der Waals surface area contributed by atoms with E-state index in [0.717, 1.165) is 5.57 Å². The Labute approximate surface area is 125 Å². The summed E-state index contributed by atoms with van der Waals surface area (Å²) in [6, 6.07) is 0. The van der Waals surface area contributed by atoms with Gasteiger partial charge in [0.1, 0.15) is 0 Å². The maximum Gasteiger partial charge on any atom is 0.192 e. The SMILES string of the molecule is C=C(C)[C@@H]1COC(C)(C)O[C@@H]1CO[Si](C)(C)C(C)(C)C. The second-order valence-electron chi connectivity index (χ2n) is 7.89. The van der Waals surface area contributed by atoms with Crippen molar-refractivity contribution >= 4 is 8.32 Å². The number of hydrogen-bond acceptors (Lipinski definition) is 3. The van der Waals surface area contributed by atoms with Crippen LogP contribution in [0.4, 0.5) is 0 Å². The molecule has 2 atom stereocenters. The van der Waals surface area contributed by atoms with Crippen LogP contribution in [0.3, 0.4) is 0 Å². The second-order valence-corrected chi connectivity index (χ2v) is 12.7.